The number of halogens is 1. The predicted octanol–water partition coefficient (Wildman–Crippen LogP) is 4.21. The van der Waals surface area contributed by atoms with Gasteiger partial charge in [0.05, 0.1) is 3.79 Å². The van der Waals surface area contributed by atoms with E-state index in [1.54, 1.807) is 0 Å². The van der Waals surface area contributed by atoms with Crippen molar-refractivity contribution >= 4 is 27.3 Å². The van der Waals surface area contributed by atoms with Crippen molar-refractivity contribution in [1.82, 2.24) is 5.32 Å². The summed E-state index contributed by atoms with van der Waals surface area (Å²) in [5.74, 6) is 0.808. The minimum atomic E-state index is 0.531. The fraction of sp³-hybridized carbons (Fsp3) is 0.667. The summed E-state index contributed by atoms with van der Waals surface area (Å²) in [5, 5.41) is 3.62. The quantitative estimate of drug-likeness (QED) is 0.875. The second-order valence-corrected chi connectivity index (χ2v) is 7.47. The molecule has 0 radical (unpaired) electrons. The molecule has 0 aromatic carbocycles. The van der Waals surface area contributed by atoms with E-state index in [9.17, 15) is 0 Å². The van der Waals surface area contributed by atoms with Gasteiger partial charge in [0.2, 0.25) is 0 Å². The molecule has 1 aromatic heterocycles. The maximum Gasteiger partial charge on any atom is 0.0701 e. The third-order valence-corrected chi connectivity index (χ3v) is 5.02. The number of thiophene rings is 1. The van der Waals surface area contributed by atoms with Crippen LogP contribution in [0.5, 0.6) is 0 Å². The molecule has 2 atom stereocenters. The van der Waals surface area contributed by atoms with E-state index in [0.29, 0.717) is 11.5 Å². The molecule has 1 fully saturated rings. The highest BCUT2D eigenvalue weighted by atomic mass is 79.9. The van der Waals surface area contributed by atoms with E-state index in [-0.39, 0.29) is 0 Å². The Labute approximate surface area is 104 Å². The molecule has 0 amide bonds. The molecule has 1 heterocycles. The van der Waals surface area contributed by atoms with Crippen molar-refractivity contribution in [2.45, 2.75) is 33.2 Å². The molecule has 1 aliphatic carbocycles. The summed E-state index contributed by atoms with van der Waals surface area (Å²) in [6.45, 7) is 7.97. The van der Waals surface area contributed by atoms with Crippen molar-refractivity contribution in [2.75, 3.05) is 6.54 Å². The van der Waals surface area contributed by atoms with Gasteiger partial charge in [-0.25, -0.2) is 0 Å². The molecule has 0 aliphatic heterocycles. The van der Waals surface area contributed by atoms with E-state index in [1.807, 2.05) is 11.3 Å². The molecular weight excluding hydrogens is 270 g/mol. The molecule has 1 aliphatic rings. The van der Waals surface area contributed by atoms with Gasteiger partial charge in [-0.3, -0.25) is 0 Å². The molecule has 1 aromatic rings. The van der Waals surface area contributed by atoms with Crippen LogP contribution in [-0.4, -0.2) is 6.54 Å². The molecule has 0 saturated heterocycles. The van der Waals surface area contributed by atoms with Crippen molar-refractivity contribution < 1.29 is 0 Å². The Morgan fingerprint density at radius 2 is 2.27 bits per heavy atom. The lowest BCUT2D eigenvalue weighted by atomic mass is 10.0. The summed E-state index contributed by atoms with van der Waals surface area (Å²) in [7, 11) is 0. The van der Waals surface area contributed by atoms with E-state index < -0.39 is 0 Å². The first-order valence-electron chi connectivity index (χ1n) is 5.53. The van der Waals surface area contributed by atoms with Gasteiger partial charge in [-0.1, -0.05) is 20.8 Å². The van der Waals surface area contributed by atoms with Crippen LogP contribution in [0.4, 0.5) is 0 Å². The van der Waals surface area contributed by atoms with Crippen molar-refractivity contribution in [2.24, 2.45) is 11.3 Å². The zero-order valence-corrected chi connectivity index (χ0v) is 11.9. The minimum absolute atomic E-state index is 0.531. The molecule has 2 unspecified atom stereocenters. The standard InChI is InChI=1S/C12H18BrNS/c1-4-14-11(8-7-12(8,2)3)9-5-6-10(13)15-9/h5-6,8,11,14H,4,7H2,1-3H3. The van der Waals surface area contributed by atoms with Gasteiger partial charge in [-0.15, -0.1) is 11.3 Å². The molecule has 1 saturated carbocycles. The van der Waals surface area contributed by atoms with Crippen LogP contribution in [0.25, 0.3) is 0 Å². The average Bonchev–Trinajstić information content (AvgIpc) is 2.59. The zero-order chi connectivity index (χ0) is 11.1. The third-order valence-electron chi connectivity index (χ3n) is 3.32. The number of rotatable bonds is 4. The van der Waals surface area contributed by atoms with Gasteiger partial charge in [0.1, 0.15) is 0 Å². The van der Waals surface area contributed by atoms with E-state index in [0.717, 1.165) is 12.5 Å². The summed E-state index contributed by atoms with van der Waals surface area (Å²) in [4.78, 5) is 1.47. The Bertz CT molecular complexity index is 345. The summed E-state index contributed by atoms with van der Waals surface area (Å²) >= 11 is 5.40. The van der Waals surface area contributed by atoms with E-state index in [2.05, 4.69) is 54.2 Å². The van der Waals surface area contributed by atoms with Crippen molar-refractivity contribution in [1.29, 1.82) is 0 Å². The fourth-order valence-corrected chi connectivity index (χ4v) is 3.80. The number of hydrogen-bond donors (Lipinski definition) is 1. The largest absolute Gasteiger partial charge is 0.309 e. The van der Waals surface area contributed by atoms with Crippen LogP contribution in [0, 0.1) is 11.3 Å². The first-order valence-corrected chi connectivity index (χ1v) is 7.14. The maximum atomic E-state index is 3.62. The molecular formula is C12H18BrNS. The number of nitrogens with one attached hydrogen (secondary N) is 1. The van der Waals surface area contributed by atoms with Crippen LogP contribution < -0.4 is 5.32 Å². The smallest absolute Gasteiger partial charge is 0.0701 e. The van der Waals surface area contributed by atoms with E-state index >= 15 is 0 Å². The van der Waals surface area contributed by atoms with Crippen LogP contribution in [0.15, 0.2) is 15.9 Å². The fourth-order valence-electron chi connectivity index (χ4n) is 2.23. The summed E-state index contributed by atoms with van der Waals surface area (Å²) < 4.78 is 1.24. The Morgan fingerprint density at radius 3 is 2.67 bits per heavy atom. The molecule has 84 valence electrons. The summed E-state index contributed by atoms with van der Waals surface area (Å²) in [6.07, 6.45) is 1.35. The Morgan fingerprint density at radius 1 is 1.60 bits per heavy atom. The van der Waals surface area contributed by atoms with Gasteiger partial charge in [-0.2, -0.15) is 0 Å². The maximum absolute atomic E-state index is 3.62. The highest BCUT2D eigenvalue weighted by Crippen LogP contribution is 2.58. The highest BCUT2D eigenvalue weighted by molar-refractivity contribution is 9.11. The van der Waals surface area contributed by atoms with Gasteiger partial charge in [0, 0.05) is 10.9 Å². The van der Waals surface area contributed by atoms with Crippen LogP contribution in [0.2, 0.25) is 0 Å². The summed E-state index contributed by atoms with van der Waals surface area (Å²) in [5.41, 5.74) is 0.531. The molecule has 15 heavy (non-hydrogen) atoms. The molecule has 2 rings (SSSR count). The lowest BCUT2D eigenvalue weighted by Crippen LogP contribution is -2.23. The van der Waals surface area contributed by atoms with Crippen LogP contribution in [-0.2, 0) is 0 Å². The lowest BCUT2D eigenvalue weighted by Gasteiger charge is -2.18. The molecule has 3 heteroatoms. The Kier molecular flexibility index (Phi) is 3.25. The van der Waals surface area contributed by atoms with Gasteiger partial charge in [-0.05, 0) is 52.4 Å². The Balaban J connectivity index is 2.14. The highest BCUT2D eigenvalue weighted by Gasteiger charge is 2.50. The van der Waals surface area contributed by atoms with Gasteiger partial charge in [0.25, 0.3) is 0 Å². The van der Waals surface area contributed by atoms with Crippen LogP contribution >= 0.6 is 27.3 Å². The van der Waals surface area contributed by atoms with Crippen molar-refractivity contribution in [3.63, 3.8) is 0 Å². The van der Waals surface area contributed by atoms with Gasteiger partial charge in [0.15, 0.2) is 0 Å². The predicted molar refractivity (Wildman–Crippen MR) is 70.3 cm³/mol. The van der Waals surface area contributed by atoms with Crippen LogP contribution in [0.3, 0.4) is 0 Å². The monoisotopic (exact) mass is 287 g/mol. The normalized spacial score (nSPS) is 25.2. The van der Waals surface area contributed by atoms with Crippen LogP contribution in [0.1, 0.15) is 38.1 Å². The molecule has 0 bridgehead atoms. The molecule has 1 N–H and O–H groups in total. The van der Waals surface area contributed by atoms with E-state index in [4.69, 9.17) is 0 Å². The molecule has 0 spiro atoms. The number of hydrogen-bond acceptors (Lipinski definition) is 2. The average molecular weight is 288 g/mol. The third kappa shape index (κ3) is 2.45. The first-order chi connectivity index (χ1) is 7.04. The summed E-state index contributed by atoms with van der Waals surface area (Å²) in [6, 6.07) is 4.96. The van der Waals surface area contributed by atoms with Gasteiger partial charge < -0.3 is 5.32 Å². The SMILES string of the molecule is CCNC(c1ccc(Br)s1)C1CC1(C)C. The lowest BCUT2D eigenvalue weighted by molar-refractivity contribution is 0.428. The van der Waals surface area contributed by atoms with Gasteiger partial charge >= 0.3 is 0 Å². The Hall–Kier alpha value is 0.140. The topological polar surface area (TPSA) is 12.0 Å². The van der Waals surface area contributed by atoms with Crippen molar-refractivity contribution in [3.8, 4) is 0 Å². The second-order valence-electron chi connectivity index (χ2n) is 4.98. The second kappa shape index (κ2) is 4.19. The zero-order valence-electron chi connectivity index (χ0n) is 9.51. The van der Waals surface area contributed by atoms with E-state index in [1.165, 1.54) is 15.1 Å². The minimum Gasteiger partial charge on any atom is -0.309 e. The molecule has 1 nitrogen and oxygen atoms in total. The first kappa shape index (κ1) is 11.6. The van der Waals surface area contributed by atoms with Crippen molar-refractivity contribution in [3.05, 3.63) is 20.8 Å².